The summed E-state index contributed by atoms with van der Waals surface area (Å²) in [6.07, 6.45) is -0.917. The number of halogens is 4. The van der Waals surface area contributed by atoms with Crippen LogP contribution >= 0.6 is 23.2 Å². The highest BCUT2D eigenvalue weighted by molar-refractivity contribution is 6.34. The van der Waals surface area contributed by atoms with Gasteiger partial charge in [0.05, 0.1) is 48.9 Å². The van der Waals surface area contributed by atoms with Crippen LogP contribution in [0.1, 0.15) is 33.6 Å². The van der Waals surface area contributed by atoms with Crippen molar-refractivity contribution in [2.45, 2.75) is 51.3 Å². The van der Waals surface area contributed by atoms with Crippen molar-refractivity contribution in [3.8, 4) is 22.9 Å². The highest BCUT2D eigenvalue weighted by Gasteiger charge is 2.41. The largest absolute Gasteiger partial charge is 0.496 e. The number of benzene rings is 2. The lowest BCUT2D eigenvalue weighted by atomic mass is 9.98. The molecule has 46 heavy (non-hydrogen) atoms. The van der Waals surface area contributed by atoms with Crippen molar-refractivity contribution in [2.75, 3.05) is 45.3 Å². The summed E-state index contributed by atoms with van der Waals surface area (Å²) in [4.78, 5) is 39.5. The van der Waals surface area contributed by atoms with Gasteiger partial charge in [-0.1, -0.05) is 17.7 Å². The summed E-state index contributed by atoms with van der Waals surface area (Å²) < 4.78 is 42.3. The van der Waals surface area contributed by atoms with Crippen molar-refractivity contribution < 1.29 is 33.0 Å². The molecule has 11 nitrogen and oxygen atoms in total. The van der Waals surface area contributed by atoms with Gasteiger partial charge in [0.2, 0.25) is 11.2 Å². The molecule has 2 unspecified atom stereocenters. The van der Waals surface area contributed by atoms with Crippen LogP contribution in [0.5, 0.6) is 5.75 Å². The minimum atomic E-state index is -0.979. The Kier molecular flexibility index (Phi) is 10.8. The number of aromatic nitrogens is 2. The summed E-state index contributed by atoms with van der Waals surface area (Å²) in [6, 6.07) is 6.01. The van der Waals surface area contributed by atoms with Gasteiger partial charge < -0.3 is 29.3 Å². The van der Waals surface area contributed by atoms with Crippen molar-refractivity contribution in [1.82, 2.24) is 19.8 Å². The summed E-state index contributed by atoms with van der Waals surface area (Å²) in [6.45, 7) is 4.87. The molecule has 0 aliphatic carbocycles. The van der Waals surface area contributed by atoms with E-state index in [-0.39, 0.29) is 88.9 Å². The van der Waals surface area contributed by atoms with Crippen LogP contribution in [-0.4, -0.2) is 95.0 Å². The zero-order valence-corrected chi connectivity index (χ0v) is 27.5. The normalized spacial score (nSPS) is 16.7. The summed E-state index contributed by atoms with van der Waals surface area (Å²) >= 11 is 13.0. The summed E-state index contributed by atoms with van der Waals surface area (Å²) in [7, 11) is 2.84. The number of carbonyl (C=O) groups excluding carboxylic acids is 2. The maximum absolute atomic E-state index is 16.4. The zero-order chi connectivity index (χ0) is 33.9. The minimum Gasteiger partial charge on any atom is -0.496 e. The predicted octanol–water partition coefficient (Wildman–Crippen LogP) is 5.44. The highest BCUT2D eigenvalue weighted by Crippen LogP contribution is 2.43. The molecule has 1 aliphatic heterocycles. The number of likely N-dealkylation sites (N-methyl/N-ethyl adjacent to an activating group) is 1. The lowest BCUT2D eigenvalue weighted by Crippen LogP contribution is -2.61. The Hall–Kier alpha value is -3.99. The van der Waals surface area contributed by atoms with Crippen LogP contribution in [0.25, 0.3) is 22.0 Å². The summed E-state index contributed by atoms with van der Waals surface area (Å²) in [5, 5.41) is 18.6. The molecule has 3 aromatic rings. The molecule has 2 aromatic carbocycles. The Morgan fingerprint density at radius 3 is 2.52 bits per heavy atom. The third-order valence-electron chi connectivity index (χ3n) is 7.48. The smallest absolute Gasteiger partial charge is 0.410 e. The Bertz CT molecular complexity index is 1680. The number of methoxy groups -OCH3 is 1. The number of aliphatic hydroxyl groups is 1. The molecule has 1 fully saturated rings. The van der Waals surface area contributed by atoms with Crippen molar-refractivity contribution in [3.63, 3.8) is 0 Å². The van der Waals surface area contributed by atoms with Gasteiger partial charge in [-0.3, -0.25) is 4.79 Å². The van der Waals surface area contributed by atoms with Crippen molar-refractivity contribution in [2.24, 2.45) is 0 Å². The molecule has 2 atom stereocenters. The van der Waals surface area contributed by atoms with Gasteiger partial charge in [0.15, 0.2) is 5.82 Å². The van der Waals surface area contributed by atoms with Gasteiger partial charge in [0, 0.05) is 44.1 Å². The number of nitrogens with zero attached hydrogens (tertiary/aromatic N) is 6. The number of fused-ring (bicyclic) bond motifs is 1. The first-order valence-corrected chi connectivity index (χ1v) is 15.1. The highest BCUT2D eigenvalue weighted by atomic mass is 35.5. The quantitative estimate of drug-likeness (QED) is 0.309. The fourth-order valence-electron chi connectivity index (χ4n) is 5.36. The van der Waals surface area contributed by atoms with Gasteiger partial charge in [0.1, 0.15) is 28.5 Å². The van der Waals surface area contributed by atoms with Crippen molar-refractivity contribution >= 4 is 51.9 Å². The van der Waals surface area contributed by atoms with E-state index in [0.717, 1.165) is 6.07 Å². The van der Waals surface area contributed by atoms with E-state index in [9.17, 15) is 20.0 Å². The standard InChI is InChI=1S/C31H34Cl2F2N6O5/c1-31(2,3)46-30(44)41-16-18(13-23(43)39(4)11-12-42)40(15-17(41)9-10-36)28-19-14-20(32)24(26(35)27(19)37-29(33)38-28)25-21(34)7-6-8-22(25)45-5/h6-8,14,17-18,42H,9,11-13,15-16H2,1-5H3. The van der Waals surface area contributed by atoms with Crippen LogP contribution in [-0.2, 0) is 9.53 Å². The van der Waals surface area contributed by atoms with E-state index in [1.165, 1.54) is 42.2 Å². The number of piperazine rings is 1. The number of carbonyl (C=O) groups is 2. The predicted molar refractivity (Wildman–Crippen MR) is 169 cm³/mol. The van der Waals surface area contributed by atoms with Crippen LogP contribution in [0.4, 0.5) is 19.4 Å². The molecule has 1 saturated heterocycles. The SMILES string of the molecule is COc1cccc(F)c1-c1c(Cl)cc2c(N3CC(CC#N)N(C(=O)OC(C)(C)C)CC3CC(=O)N(C)CCO)nc(Cl)nc2c1F. The maximum atomic E-state index is 16.4. The summed E-state index contributed by atoms with van der Waals surface area (Å²) in [5.74, 6) is -1.97. The fourth-order valence-corrected chi connectivity index (χ4v) is 5.81. The van der Waals surface area contributed by atoms with E-state index >= 15 is 8.78 Å². The topological polar surface area (TPSA) is 132 Å². The second kappa shape index (κ2) is 14.2. The van der Waals surface area contributed by atoms with E-state index in [1.807, 2.05) is 0 Å². The number of hydrogen-bond donors (Lipinski definition) is 1. The van der Waals surface area contributed by atoms with E-state index in [1.54, 1.807) is 25.7 Å². The average Bonchev–Trinajstić information content (AvgIpc) is 2.98. The molecule has 0 radical (unpaired) electrons. The molecule has 1 aromatic heterocycles. The molecular formula is C31H34Cl2F2N6O5. The molecule has 15 heteroatoms. The fraction of sp³-hybridized carbons (Fsp3) is 0.452. The zero-order valence-electron chi connectivity index (χ0n) is 26.0. The second-order valence-electron chi connectivity index (χ2n) is 11.8. The molecule has 2 amide bonds. The van der Waals surface area contributed by atoms with E-state index in [2.05, 4.69) is 16.0 Å². The van der Waals surface area contributed by atoms with Crippen LogP contribution in [0.3, 0.4) is 0 Å². The number of ether oxygens (including phenoxy) is 2. The van der Waals surface area contributed by atoms with Gasteiger partial charge in [-0.15, -0.1) is 0 Å². The lowest BCUT2D eigenvalue weighted by molar-refractivity contribution is -0.131. The van der Waals surface area contributed by atoms with Gasteiger partial charge >= 0.3 is 6.09 Å². The van der Waals surface area contributed by atoms with Gasteiger partial charge in [0.25, 0.3) is 0 Å². The Labute approximate surface area is 275 Å². The minimum absolute atomic E-state index is 0.0148. The molecule has 0 spiro atoms. The molecule has 1 N–H and O–H groups in total. The van der Waals surface area contributed by atoms with Crippen molar-refractivity contribution in [1.29, 1.82) is 5.26 Å². The first-order valence-electron chi connectivity index (χ1n) is 14.4. The number of nitriles is 1. The molecule has 246 valence electrons. The van der Waals surface area contributed by atoms with Crippen LogP contribution in [0.2, 0.25) is 10.3 Å². The molecule has 4 rings (SSSR count). The molecule has 1 aliphatic rings. The molecule has 2 heterocycles. The average molecular weight is 680 g/mol. The molecule has 0 saturated carbocycles. The third kappa shape index (κ3) is 7.35. The van der Waals surface area contributed by atoms with E-state index in [4.69, 9.17) is 32.7 Å². The van der Waals surface area contributed by atoms with Crippen molar-refractivity contribution in [3.05, 3.63) is 46.2 Å². The van der Waals surface area contributed by atoms with Gasteiger partial charge in [-0.05, 0) is 50.6 Å². The third-order valence-corrected chi connectivity index (χ3v) is 7.94. The summed E-state index contributed by atoms with van der Waals surface area (Å²) in [5.41, 5.74) is -1.60. The first kappa shape index (κ1) is 34.9. The molecule has 0 bridgehead atoms. The van der Waals surface area contributed by atoms with Crippen LogP contribution < -0.4 is 9.64 Å². The Morgan fingerprint density at radius 1 is 1.17 bits per heavy atom. The number of amides is 2. The lowest BCUT2D eigenvalue weighted by Gasteiger charge is -2.46. The van der Waals surface area contributed by atoms with Crippen LogP contribution in [0, 0.1) is 23.0 Å². The molecular weight excluding hydrogens is 645 g/mol. The number of aliphatic hydroxyl groups excluding tert-OH is 1. The second-order valence-corrected chi connectivity index (χ2v) is 12.5. The van der Waals surface area contributed by atoms with E-state index < -0.39 is 35.4 Å². The monoisotopic (exact) mass is 678 g/mol. The van der Waals surface area contributed by atoms with Crippen LogP contribution in [0.15, 0.2) is 24.3 Å². The Morgan fingerprint density at radius 2 is 1.89 bits per heavy atom. The maximum Gasteiger partial charge on any atom is 0.410 e. The number of anilines is 1. The van der Waals surface area contributed by atoms with E-state index in [0.29, 0.717) is 0 Å². The van der Waals surface area contributed by atoms with Gasteiger partial charge in [-0.2, -0.15) is 10.2 Å². The first-order chi connectivity index (χ1) is 21.7. The number of hydrogen-bond acceptors (Lipinski definition) is 9. The Balaban J connectivity index is 1.90. The van der Waals surface area contributed by atoms with Gasteiger partial charge in [-0.25, -0.2) is 18.6 Å². The number of rotatable bonds is 8.